The van der Waals surface area contributed by atoms with Crippen molar-refractivity contribution in [2.24, 2.45) is 5.10 Å². The molecule has 0 radical (unpaired) electrons. The Kier molecular flexibility index (Phi) is 4.66. The van der Waals surface area contributed by atoms with Crippen LogP contribution in [0.25, 0.3) is 0 Å². The van der Waals surface area contributed by atoms with Crippen molar-refractivity contribution >= 4 is 28.7 Å². The monoisotopic (exact) mass is 416 g/mol. The van der Waals surface area contributed by atoms with E-state index in [9.17, 15) is 23.1 Å². The van der Waals surface area contributed by atoms with Gasteiger partial charge >= 0.3 is 5.97 Å². The Labute approximate surface area is 168 Å². The fraction of sp³-hybridized carbons (Fsp3) is 0.143. The van der Waals surface area contributed by atoms with Gasteiger partial charge in [0.05, 0.1) is 17.3 Å². The molecule has 0 saturated carbocycles. The van der Waals surface area contributed by atoms with Crippen LogP contribution < -0.4 is 5.01 Å². The standard InChI is InChI=1S/C21H15F3N2O2S/c1-21(20(27)28)18(13-8-9-29-11-13)19(12-2-4-14(22)5-3-12)25-26(21)17-7-6-15(23)10-16(17)24/h2-11,18H,1H3,(H,27,28). The second-order valence-corrected chi connectivity index (χ2v) is 7.62. The van der Waals surface area contributed by atoms with Crippen LogP contribution in [0.3, 0.4) is 0 Å². The molecule has 2 atom stereocenters. The predicted octanol–water partition coefficient (Wildman–Crippen LogP) is 5.02. The van der Waals surface area contributed by atoms with Gasteiger partial charge in [-0.1, -0.05) is 12.1 Å². The minimum absolute atomic E-state index is 0.159. The molecular weight excluding hydrogens is 401 g/mol. The highest BCUT2D eigenvalue weighted by Gasteiger charge is 2.55. The molecule has 4 rings (SSSR count). The van der Waals surface area contributed by atoms with Gasteiger partial charge < -0.3 is 5.11 Å². The quantitative estimate of drug-likeness (QED) is 0.650. The summed E-state index contributed by atoms with van der Waals surface area (Å²) in [6, 6.07) is 10.2. The summed E-state index contributed by atoms with van der Waals surface area (Å²) in [6.07, 6.45) is 0. The number of anilines is 1. The summed E-state index contributed by atoms with van der Waals surface area (Å²) in [4.78, 5) is 12.5. The number of aliphatic carboxylic acids is 1. The number of thiophene rings is 1. The molecule has 2 heterocycles. The molecule has 0 aliphatic carbocycles. The summed E-state index contributed by atoms with van der Waals surface area (Å²) in [5, 5.41) is 19.3. The van der Waals surface area contributed by atoms with Gasteiger partial charge in [0.15, 0.2) is 11.4 Å². The summed E-state index contributed by atoms with van der Waals surface area (Å²) < 4.78 is 41.4. The predicted molar refractivity (Wildman–Crippen MR) is 105 cm³/mol. The number of hydrogen-bond donors (Lipinski definition) is 1. The maximum Gasteiger partial charge on any atom is 0.332 e. The number of rotatable bonds is 4. The molecule has 0 fully saturated rings. The van der Waals surface area contributed by atoms with Crippen LogP contribution in [0.15, 0.2) is 64.4 Å². The van der Waals surface area contributed by atoms with E-state index in [2.05, 4.69) is 5.10 Å². The third-order valence-corrected chi connectivity index (χ3v) is 5.77. The highest BCUT2D eigenvalue weighted by atomic mass is 32.1. The van der Waals surface area contributed by atoms with Gasteiger partial charge in [0.2, 0.25) is 0 Å². The molecule has 4 nitrogen and oxygen atoms in total. The number of hydrazone groups is 1. The van der Waals surface area contributed by atoms with E-state index in [1.165, 1.54) is 42.5 Å². The molecule has 1 aliphatic rings. The van der Waals surface area contributed by atoms with E-state index in [-0.39, 0.29) is 5.69 Å². The number of carbonyl (C=O) groups is 1. The lowest BCUT2D eigenvalue weighted by Crippen LogP contribution is -2.52. The van der Waals surface area contributed by atoms with Crippen molar-refractivity contribution in [3.63, 3.8) is 0 Å². The molecule has 3 aromatic rings. The van der Waals surface area contributed by atoms with Crippen molar-refractivity contribution in [1.82, 2.24) is 0 Å². The third kappa shape index (κ3) is 3.09. The third-order valence-electron chi connectivity index (χ3n) is 5.07. The fourth-order valence-corrected chi connectivity index (χ4v) is 4.28. The smallest absolute Gasteiger partial charge is 0.332 e. The first-order valence-electron chi connectivity index (χ1n) is 8.67. The zero-order valence-electron chi connectivity index (χ0n) is 15.1. The van der Waals surface area contributed by atoms with Crippen LogP contribution in [0.1, 0.15) is 24.0 Å². The number of carboxylic acids is 1. The number of nitrogens with zero attached hydrogens (tertiary/aromatic N) is 2. The molecule has 0 saturated heterocycles. The molecular formula is C21H15F3N2O2S. The lowest BCUT2D eigenvalue weighted by Gasteiger charge is -2.35. The number of hydrogen-bond acceptors (Lipinski definition) is 4. The Balaban J connectivity index is 1.96. The van der Waals surface area contributed by atoms with Crippen molar-refractivity contribution in [2.45, 2.75) is 18.4 Å². The van der Waals surface area contributed by atoms with Gasteiger partial charge in [-0.25, -0.2) is 23.0 Å². The van der Waals surface area contributed by atoms with E-state index in [0.29, 0.717) is 22.9 Å². The van der Waals surface area contributed by atoms with Gasteiger partial charge in [0.25, 0.3) is 0 Å². The molecule has 148 valence electrons. The molecule has 1 aromatic heterocycles. The zero-order chi connectivity index (χ0) is 20.8. The largest absolute Gasteiger partial charge is 0.479 e. The van der Waals surface area contributed by atoms with Gasteiger partial charge in [0.1, 0.15) is 11.6 Å². The van der Waals surface area contributed by atoms with Crippen molar-refractivity contribution in [1.29, 1.82) is 0 Å². The molecule has 0 spiro atoms. The van der Waals surface area contributed by atoms with E-state index < -0.39 is 34.9 Å². The number of halogens is 3. The van der Waals surface area contributed by atoms with Crippen LogP contribution in [0.2, 0.25) is 0 Å². The Hall–Kier alpha value is -3.13. The second-order valence-electron chi connectivity index (χ2n) is 6.84. The first kappa shape index (κ1) is 19.2. The van der Waals surface area contributed by atoms with Crippen molar-refractivity contribution < 1.29 is 23.1 Å². The van der Waals surface area contributed by atoms with E-state index in [1.807, 2.05) is 0 Å². The van der Waals surface area contributed by atoms with E-state index in [0.717, 1.165) is 17.1 Å². The van der Waals surface area contributed by atoms with Crippen LogP contribution in [0.5, 0.6) is 0 Å². The Morgan fingerprint density at radius 3 is 2.38 bits per heavy atom. The van der Waals surface area contributed by atoms with Crippen molar-refractivity contribution in [3.8, 4) is 0 Å². The Morgan fingerprint density at radius 1 is 1.10 bits per heavy atom. The van der Waals surface area contributed by atoms with Crippen molar-refractivity contribution in [2.75, 3.05) is 5.01 Å². The number of carboxylic acid groups (broad SMARTS) is 1. The highest BCUT2D eigenvalue weighted by Crippen LogP contribution is 2.46. The lowest BCUT2D eigenvalue weighted by atomic mass is 9.77. The lowest BCUT2D eigenvalue weighted by molar-refractivity contribution is -0.142. The molecule has 0 bridgehead atoms. The minimum atomic E-state index is -1.69. The fourth-order valence-electron chi connectivity index (χ4n) is 3.60. The second kappa shape index (κ2) is 7.04. The maximum atomic E-state index is 14.6. The summed E-state index contributed by atoms with van der Waals surface area (Å²) in [6.45, 7) is 1.44. The molecule has 1 N–H and O–H groups in total. The first-order valence-corrected chi connectivity index (χ1v) is 9.62. The zero-order valence-corrected chi connectivity index (χ0v) is 16.0. The van der Waals surface area contributed by atoms with Gasteiger partial charge in [-0.05, 0) is 59.1 Å². The van der Waals surface area contributed by atoms with Crippen LogP contribution in [0, 0.1) is 17.5 Å². The maximum absolute atomic E-state index is 14.6. The Morgan fingerprint density at radius 2 is 1.79 bits per heavy atom. The van der Waals surface area contributed by atoms with Crippen LogP contribution >= 0.6 is 11.3 Å². The Bertz CT molecular complexity index is 1100. The van der Waals surface area contributed by atoms with Gasteiger partial charge in [-0.2, -0.15) is 16.4 Å². The summed E-state index contributed by atoms with van der Waals surface area (Å²) in [7, 11) is 0. The summed E-state index contributed by atoms with van der Waals surface area (Å²) in [5.74, 6) is -4.13. The molecule has 8 heteroatoms. The first-order chi connectivity index (χ1) is 13.8. The minimum Gasteiger partial charge on any atom is -0.479 e. The molecule has 1 aliphatic heterocycles. The average molecular weight is 416 g/mol. The van der Waals surface area contributed by atoms with E-state index in [4.69, 9.17) is 0 Å². The molecule has 2 unspecified atom stereocenters. The van der Waals surface area contributed by atoms with Crippen molar-refractivity contribution in [3.05, 3.63) is 87.9 Å². The molecule has 2 aromatic carbocycles. The van der Waals surface area contributed by atoms with Gasteiger partial charge in [-0.3, -0.25) is 0 Å². The normalized spacial score (nSPS) is 21.3. The molecule has 0 amide bonds. The average Bonchev–Trinajstić information content (AvgIpc) is 3.29. The SMILES string of the molecule is CC1(C(=O)O)C(c2ccsc2)C(c2ccc(F)cc2)=NN1c1ccc(F)cc1F. The van der Waals surface area contributed by atoms with Gasteiger partial charge in [-0.15, -0.1) is 0 Å². The highest BCUT2D eigenvalue weighted by molar-refractivity contribution is 7.08. The summed E-state index contributed by atoms with van der Waals surface area (Å²) in [5.41, 5.74) is -0.289. The summed E-state index contributed by atoms with van der Waals surface area (Å²) >= 11 is 1.39. The van der Waals surface area contributed by atoms with E-state index in [1.54, 1.807) is 16.8 Å². The van der Waals surface area contributed by atoms with E-state index >= 15 is 0 Å². The molecule has 29 heavy (non-hydrogen) atoms. The van der Waals surface area contributed by atoms with Gasteiger partial charge in [0, 0.05) is 6.07 Å². The van der Waals surface area contributed by atoms with Crippen LogP contribution in [-0.4, -0.2) is 22.3 Å². The topological polar surface area (TPSA) is 52.9 Å². The number of benzene rings is 2. The van der Waals surface area contributed by atoms with Crippen LogP contribution in [0.4, 0.5) is 18.9 Å². The van der Waals surface area contributed by atoms with Crippen LogP contribution in [-0.2, 0) is 4.79 Å².